The van der Waals surface area contributed by atoms with Crippen molar-refractivity contribution in [1.82, 2.24) is 0 Å². The molecule has 20 heavy (non-hydrogen) atoms. The number of rotatable bonds is 5. The summed E-state index contributed by atoms with van der Waals surface area (Å²) >= 11 is 0. The second-order valence-corrected chi connectivity index (χ2v) is 4.64. The van der Waals surface area contributed by atoms with E-state index in [4.69, 9.17) is 14.2 Å². The highest BCUT2D eigenvalue weighted by Gasteiger charge is 2.08. The Hall–Kier alpha value is -2.00. The smallest absolute Gasteiger partial charge is 0.124 e. The second kappa shape index (κ2) is 6.44. The van der Waals surface area contributed by atoms with Crippen LogP contribution in [0.4, 0.5) is 0 Å². The molecule has 0 aliphatic heterocycles. The van der Waals surface area contributed by atoms with E-state index in [1.54, 1.807) is 21.3 Å². The third-order valence-corrected chi connectivity index (χ3v) is 3.33. The minimum absolute atomic E-state index is 0.547. The van der Waals surface area contributed by atoms with Crippen LogP contribution < -0.4 is 9.47 Å². The summed E-state index contributed by atoms with van der Waals surface area (Å²) in [7, 11) is 5.04. The molecule has 0 saturated heterocycles. The molecule has 0 aliphatic rings. The predicted octanol–water partition coefficient (Wildman–Crippen LogP) is 3.83. The fourth-order valence-electron chi connectivity index (χ4n) is 2.27. The molecule has 0 atom stereocenters. The van der Waals surface area contributed by atoms with Crippen LogP contribution in [0.5, 0.6) is 11.5 Å². The highest BCUT2D eigenvalue weighted by Crippen LogP contribution is 2.31. The largest absolute Gasteiger partial charge is 0.497 e. The van der Waals surface area contributed by atoms with Gasteiger partial charge in [-0.3, -0.25) is 0 Å². The number of methoxy groups -OCH3 is 3. The van der Waals surface area contributed by atoms with Crippen molar-refractivity contribution in [3.8, 4) is 22.6 Å². The summed E-state index contributed by atoms with van der Waals surface area (Å²) < 4.78 is 15.9. The van der Waals surface area contributed by atoms with Gasteiger partial charge in [0.05, 0.1) is 20.8 Å². The van der Waals surface area contributed by atoms with Crippen molar-refractivity contribution >= 4 is 0 Å². The zero-order valence-corrected chi connectivity index (χ0v) is 12.4. The van der Waals surface area contributed by atoms with Gasteiger partial charge in [0.1, 0.15) is 11.5 Å². The summed E-state index contributed by atoms with van der Waals surface area (Å²) in [5, 5.41) is 0. The van der Waals surface area contributed by atoms with Crippen LogP contribution in [0.25, 0.3) is 11.1 Å². The molecule has 0 amide bonds. The molecule has 0 aromatic heterocycles. The summed E-state index contributed by atoms with van der Waals surface area (Å²) in [6.07, 6.45) is 0. The molecular weight excluding hydrogens is 252 g/mol. The number of aryl methyl sites for hydroxylation is 1. The summed E-state index contributed by atoms with van der Waals surface area (Å²) in [4.78, 5) is 0. The average Bonchev–Trinajstić information content (AvgIpc) is 2.48. The fourth-order valence-corrected chi connectivity index (χ4v) is 2.27. The first-order valence-electron chi connectivity index (χ1n) is 6.50. The van der Waals surface area contributed by atoms with Crippen molar-refractivity contribution < 1.29 is 14.2 Å². The van der Waals surface area contributed by atoms with Crippen LogP contribution in [0, 0.1) is 6.92 Å². The molecule has 3 nitrogen and oxygen atoms in total. The molecular formula is C17H20O3. The van der Waals surface area contributed by atoms with E-state index >= 15 is 0 Å². The third-order valence-electron chi connectivity index (χ3n) is 3.33. The van der Waals surface area contributed by atoms with Crippen LogP contribution in [0.15, 0.2) is 36.4 Å². The quantitative estimate of drug-likeness (QED) is 0.828. The Bertz CT molecular complexity index is 591. The van der Waals surface area contributed by atoms with Gasteiger partial charge in [0.25, 0.3) is 0 Å². The Morgan fingerprint density at radius 2 is 1.70 bits per heavy atom. The Kier molecular flexibility index (Phi) is 4.64. The van der Waals surface area contributed by atoms with E-state index in [1.807, 2.05) is 24.3 Å². The van der Waals surface area contributed by atoms with Gasteiger partial charge in [-0.2, -0.15) is 0 Å². The first kappa shape index (κ1) is 14.4. The normalized spacial score (nSPS) is 10.4. The van der Waals surface area contributed by atoms with E-state index in [9.17, 15) is 0 Å². The lowest BCUT2D eigenvalue weighted by Crippen LogP contribution is -1.95. The van der Waals surface area contributed by atoms with Gasteiger partial charge in [0.15, 0.2) is 0 Å². The average molecular weight is 272 g/mol. The van der Waals surface area contributed by atoms with E-state index in [-0.39, 0.29) is 0 Å². The van der Waals surface area contributed by atoms with Crippen LogP contribution in [0.2, 0.25) is 0 Å². The van der Waals surface area contributed by atoms with Gasteiger partial charge < -0.3 is 14.2 Å². The molecule has 0 bridgehead atoms. The molecule has 0 radical (unpaired) electrons. The number of hydrogen-bond acceptors (Lipinski definition) is 3. The Morgan fingerprint density at radius 3 is 2.30 bits per heavy atom. The SMILES string of the molecule is COCc1ccc(-c2ccc(OC)cc2C)cc1OC. The summed E-state index contributed by atoms with van der Waals surface area (Å²) in [5.41, 5.74) is 4.52. The van der Waals surface area contributed by atoms with Gasteiger partial charge in [-0.25, -0.2) is 0 Å². The molecule has 2 rings (SSSR count). The maximum Gasteiger partial charge on any atom is 0.124 e. The molecule has 0 N–H and O–H groups in total. The molecule has 0 fully saturated rings. The van der Waals surface area contributed by atoms with Crippen molar-refractivity contribution in [2.75, 3.05) is 21.3 Å². The Morgan fingerprint density at radius 1 is 0.900 bits per heavy atom. The van der Waals surface area contributed by atoms with E-state index in [0.29, 0.717) is 6.61 Å². The first-order valence-corrected chi connectivity index (χ1v) is 6.50. The number of benzene rings is 2. The van der Waals surface area contributed by atoms with Crippen LogP contribution in [-0.2, 0) is 11.3 Å². The zero-order valence-electron chi connectivity index (χ0n) is 12.4. The van der Waals surface area contributed by atoms with Gasteiger partial charge in [-0.15, -0.1) is 0 Å². The molecule has 0 heterocycles. The molecule has 106 valence electrons. The molecule has 2 aromatic rings. The maximum atomic E-state index is 5.44. The molecule has 0 aliphatic carbocycles. The van der Waals surface area contributed by atoms with Crippen molar-refractivity contribution in [3.05, 3.63) is 47.5 Å². The van der Waals surface area contributed by atoms with Gasteiger partial charge in [-0.1, -0.05) is 18.2 Å². The first-order chi connectivity index (χ1) is 9.69. The number of hydrogen-bond donors (Lipinski definition) is 0. The van der Waals surface area contributed by atoms with Crippen LogP contribution in [-0.4, -0.2) is 21.3 Å². The maximum absolute atomic E-state index is 5.44. The van der Waals surface area contributed by atoms with Crippen LogP contribution in [0.1, 0.15) is 11.1 Å². The van der Waals surface area contributed by atoms with E-state index in [1.165, 1.54) is 11.1 Å². The fraction of sp³-hybridized carbons (Fsp3) is 0.294. The van der Waals surface area contributed by atoms with Crippen LogP contribution in [0.3, 0.4) is 0 Å². The molecule has 0 unspecified atom stereocenters. The van der Waals surface area contributed by atoms with Gasteiger partial charge in [-0.05, 0) is 41.8 Å². The zero-order chi connectivity index (χ0) is 14.5. The van der Waals surface area contributed by atoms with E-state index < -0.39 is 0 Å². The predicted molar refractivity (Wildman–Crippen MR) is 80.4 cm³/mol. The van der Waals surface area contributed by atoms with Gasteiger partial charge in [0, 0.05) is 12.7 Å². The standard InChI is InChI=1S/C17H20O3/c1-12-9-15(19-3)7-8-16(12)13-5-6-14(11-18-2)17(10-13)20-4/h5-10H,11H2,1-4H3. The lowest BCUT2D eigenvalue weighted by molar-refractivity contribution is 0.181. The third kappa shape index (κ3) is 2.94. The van der Waals surface area contributed by atoms with Crippen molar-refractivity contribution in [2.45, 2.75) is 13.5 Å². The monoisotopic (exact) mass is 272 g/mol. The van der Waals surface area contributed by atoms with E-state index in [2.05, 4.69) is 19.1 Å². The molecule has 0 spiro atoms. The van der Waals surface area contributed by atoms with E-state index in [0.717, 1.165) is 22.6 Å². The molecule has 2 aromatic carbocycles. The minimum atomic E-state index is 0.547. The second-order valence-electron chi connectivity index (χ2n) is 4.64. The Labute approximate surface area is 120 Å². The molecule has 3 heteroatoms. The summed E-state index contributed by atoms with van der Waals surface area (Å²) in [6, 6.07) is 12.2. The molecule has 0 saturated carbocycles. The topological polar surface area (TPSA) is 27.7 Å². The minimum Gasteiger partial charge on any atom is -0.497 e. The van der Waals surface area contributed by atoms with Crippen molar-refractivity contribution in [2.24, 2.45) is 0 Å². The van der Waals surface area contributed by atoms with Crippen LogP contribution >= 0.6 is 0 Å². The van der Waals surface area contributed by atoms with Gasteiger partial charge in [0.2, 0.25) is 0 Å². The lowest BCUT2D eigenvalue weighted by atomic mass is 9.99. The van der Waals surface area contributed by atoms with Crippen molar-refractivity contribution in [1.29, 1.82) is 0 Å². The summed E-state index contributed by atoms with van der Waals surface area (Å²) in [5.74, 6) is 1.72. The number of ether oxygens (including phenoxy) is 3. The summed E-state index contributed by atoms with van der Waals surface area (Å²) in [6.45, 7) is 2.62. The Balaban J connectivity index is 2.42. The highest BCUT2D eigenvalue weighted by molar-refractivity contribution is 5.70. The highest BCUT2D eigenvalue weighted by atomic mass is 16.5. The lowest BCUT2D eigenvalue weighted by Gasteiger charge is -2.12. The van der Waals surface area contributed by atoms with Crippen molar-refractivity contribution in [3.63, 3.8) is 0 Å². The van der Waals surface area contributed by atoms with Gasteiger partial charge >= 0.3 is 0 Å².